The van der Waals surface area contributed by atoms with Gasteiger partial charge in [-0.1, -0.05) is 84.5 Å². The molecule has 0 aliphatic rings. The summed E-state index contributed by atoms with van der Waals surface area (Å²) in [6.07, 6.45) is 0.739. The molecule has 7 heteroatoms. The van der Waals surface area contributed by atoms with Crippen LogP contribution in [-0.2, 0) is 6.42 Å². The van der Waals surface area contributed by atoms with Crippen molar-refractivity contribution < 1.29 is 4.52 Å². The van der Waals surface area contributed by atoms with Crippen molar-refractivity contribution in [3.05, 3.63) is 72.4 Å². The van der Waals surface area contributed by atoms with Crippen LogP contribution < -0.4 is 0 Å². The highest BCUT2D eigenvalue weighted by Crippen LogP contribution is 2.34. The van der Waals surface area contributed by atoms with Gasteiger partial charge in [0.2, 0.25) is 11.0 Å². The van der Waals surface area contributed by atoms with E-state index in [1.165, 1.54) is 11.8 Å². The van der Waals surface area contributed by atoms with Crippen molar-refractivity contribution in [1.29, 1.82) is 0 Å². The predicted octanol–water partition coefficient (Wildman–Crippen LogP) is 5.00. The van der Waals surface area contributed by atoms with E-state index in [1.807, 2.05) is 74.5 Å². The molecule has 0 saturated heterocycles. The summed E-state index contributed by atoms with van der Waals surface area (Å²) in [5.41, 5.74) is 3.54. The van der Waals surface area contributed by atoms with Crippen molar-refractivity contribution in [3.8, 4) is 22.5 Å². The van der Waals surface area contributed by atoms with Gasteiger partial charge in [-0.15, -0.1) is 10.2 Å². The van der Waals surface area contributed by atoms with Gasteiger partial charge in [0.1, 0.15) is 11.4 Å². The maximum absolute atomic E-state index is 5.34. The van der Waals surface area contributed by atoms with E-state index < -0.39 is 0 Å². The van der Waals surface area contributed by atoms with Gasteiger partial charge in [0.15, 0.2) is 5.82 Å². The second kappa shape index (κ2) is 8.31. The topological polar surface area (TPSA) is 77.6 Å². The van der Waals surface area contributed by atoms with Crippen molar-refractivity contribution in [3.63, 3.8) is 0 Å². The van der Waals surface area contributed by atoms with Crippen molar-refractivity contribution in [2.75, 3.05) is 0 Å². The molecule has 4 aromatic rings. The minimum atomic E-state index is -0.0687. The Morgan fingerprint density at radius 1 is 0.857 bits per heavy atom. The highest BCUT2D eigenvalue weighted by atomic mass is 32.2. The first kappa shape index (κ1) is 18.3. The van der Waals surface area contributed by atoms with Crippen molar-refractivity contribution in [2.24, 2.45) is 0 Å². The van der Waals surface area contributed by atoms with E-state index in [1.54, 1.807) is 0 Å². The molecule has 1 atom stereocenters. The van der Waals surface area contributed by atoms with Crippen molar-refractivity contribution >= 4 is 11.8 Å². The number of nitrogens with zero attached hydrogens (tertiary/aromatic N) is 5. The summed E-state index contributed by atoms with van der Waals surface area (Å²) in [7, 11) is 0. The molecule has 0 bridgehead atoms. The van der Waals surface area contributed by atoms with E-state index in [2.05, 4.69) is 20.3 Å². The van der Waals surface area contributed by atoms with E-state index >= 15 is 0 Å². The molecule has 0 fully saturated rings. The fourth-order valence-corrected chi connectivity index (χ4v) is 3.48. The highest BCUT2D eigenvalue weighted by Gasteiger charge is 2.19. The van der Waals surface area contributed by atoms with Gasteiger partial charge in [0, 0.05) is 17.5 Å². The van der Waals surface area contributed by atoms with Gasteiger partial charge in [0.05, 0.1) is 5.25 Å². The van der Waals surface area contributed by atoms with Crippen LogP contribution in [0.3, 0.4) is 0 Å². The summed E-state index contributed by atoms with van der Waals surface area (Å²) >= 11 is 1.45. The summed E-state index contributed by atoms with van der Waals surface area (Å²) in [6.45, 7) is 3.99. The molecule has 0 spiro atoms. The molecule has 0 unspecified atom stereocenters. The van der Waals surface area contributed by atoms with Crippen LogP contribution in [0, 0.1) is 0 Å². The predicted molar refractivity (Wildman–Crippen MR) is 109 cm³/mol. The normalized spacial score (nSPS) is 12.1. The summed E-state index contributed by atoms with van der Waals surface area (Å²) < 4.78 is 5.34. The third kappa shape index (κ3) is 3.94. The maximum atomic E-state index is 5.34. The Bertz CT molecular complexity index is 1050. The Labute approximate surface area is 167 Å². The molecule has 0 saturated carbocycles. The van der Waals surface area contributed by atoms with E-state index in [9.17, 15) is 0 Å². The molecule has 0 aliphatic heterocycles. The summed E-state index contributed by atoms with van der Waals surface area (Å²) in [5, 5.41) is 13.3. The van der Waals surface area contributed by atoms with Crippen LogP contribution in [0.25, 0.3) is 22.5 Å². The third-order valence-corrected chi connectivity index (χ3v) is 5.13. The van der Waals surface area contributed by atoms with Gasteiger partial charge in [-0.2, -0.15) is 4.98 Å². The van der Waals surface area contributed by atoms with Crippen LogP contribution >= 0.6 is 11.8 Å². The molecule has 2 heterocycles. The smallest absolute Gasteiger partial charge is 0.239 e. The Morgan fingerprint density at radius 3 is 2.11 bits per heavy atom. The van der Waals surface area contributed by atoms with E-state index in [0.717, 1.165) is 28.9 Å². The zero-order valence-electron chi connectivity index (χ0n) is 15.6. The second-order valence-corrected chi connectivity index (χ2v) is 7.49. The molecular formula is C21H19N5OS. The summed E-state index contributed by atoms with van der Waals surface area (Å²) in [4.78, 5) is 9.21. The fraction of sp³-hybridized carbons (Fsp3) is 0.190. The zero-order chi connectivity index (χ0) is 19.3. The first-order valence-corrected chi connectivity index (χ1v) is 9.97. The first-order chi connectivity index (χ1) is 13.7. The maximum Gasteiger partial charge on any atom is 0.239 e. The number of benzene rings is 2. The molecule has 6 nitrogen and oxygen atoms in total. The second-order valence-electron chi connectivity index (χ2n) is 6.19. The van der Waals surface area contributed by atoms with Crippen LogP contribution in [0.2, 0.25) is 0 Å². The number of aromatic nitrogens is 5. The Balaban J connectivity index is 1.70. The van der Waals surface area contributed by atoms with E-state index in [-0.39, 0.29) is 5.25 Å². The Kier molecular flexibility index (Phi) is 5.43. The first-order valence-electron chi connectivity index (χ1n) is 9.09. The standard InChI is InChI=1S/C21H19N5OS/c1-3-17-22-20(27-26-17)14(2)28-21-23-18(15-10-6-4-7-11-15)19(24-25-21)16-12-8-5-9-13-16/h4-14H,3H2,1-2H3/t14-/m0/s1. The number of aryl methyl sites for hydroxylation is 1. The molecular weight excluding hydrogens is 370 g/mol. The van der Waals surface area contributed by atoms with E-state index in [0.29, 0.717) is 16.9 Å². The lowest BCUT2D eigenvalue weighted by atomic mass is 10.0. The summed E-state index contributed by atoms with van der Waals surface area (Å²) in [6, 6.07) is 20.0. The average molecular weight is 389 g/mol. The molecule has 0 amide bonds. The third-order valence-electron chi connectivity index (χ3n) is 4.19. The molecule has 4 rings (SSSR count). The van der Waals surface area contributed by atoms with Gasteiger partial charge >= 0.3 is 0 Å². The van der Waals surface area contributed by atoms with Crippen molar-refractivity contribution in [1.82, 2.24) is 25.3 Å². The lowest BCUT2D eigenvalue weighted by Gasteiger charge is -2.10. The van der Waals surface area contributed by atoms with Crippen LogP contribution in [0.1, 0.15) is 30.8 Å². The summed E-state index contributed by atoms with van der Waals surface area (Å²) in [5.74, 6) is 1.27. The van der Waals surface area contributed by atoms with Gasteiger partial charge in [-0.3, -0.25) is 0 Å². The van der Waals surface area contributed by atoms with Gasteiger partial charge in [-0.25, -0.2) is 4.98 Å². The lowest BCUT2D eigenvalue weighted by Crippen LogP contribution is -2.00. The SMILES string of the molecule is CCc1noc([C@H](C)Sc2nnc(-c3ccccc3)c(-c3ccccc3)n2)n1. The van der Waals surface area contributed by atoms with Gasteiger partial charge < -0.3 is 4.52 Å². The molecule has 0 N–H and O–H groups in total. The molecule has 2 aromatic carbocycles. The molecule has 0 aliphatic carbocycles. The molecule has 0 radical (unpaired) electrons. The highest BCUT2D eigenvalue weighted by molar-refractivity contribution is 7.99. The quantitative estimate of drug-likeness (QED) is 0.429. The minimum absolute atomic E-state index is 0.0687. The minimum Gasteiger partial charge on any atom is -0.338 e. The fourth-order valence-electron chi connectivity index (χ4n) is 2.73. The van der Waals surface area contributed by atoms with E-state index in [4.69, 9.17) is 9.51 Å². The van der Waals surface area contributed by atoms with Crippen LogP contribution in [-0.4, -0.2) is 25.3 Å². The van der Waals surface area contributed by atoms with Crippen LogP contribution in [0.4, 0.5) is 0 Å². The number of hydrogen-bond donors (Lipinski definition) is 0. The lowest BCUT2D eigenvalue weighted by molar-refractivity contribution is 0.375. The average Bonchev–Trinajstić information content (AvgIpc) is 3.24. The van der Waals surface area contributed by atoms with Crippen LogP contribution in [0.5, 0.6) is 0 Å². The zero-order valence-corrected chi connectivity index (χ0v) is 16.4. The van der Waals surface area contributed by atoms with Gasteiger partial charge in [0.25, 0.3) is 0 Å². The Hall–Kier alpha value is -3.06. The molecule has 140 valence electrons. The molecule has 28 heavy (non-hydrogen) atoms. The number of hydrogen-bond acceptors (Lipinski definition) is 7. The number of rotatable bonds is 6. The van der Waals surface area contributed by atoms with Crippen molar-refractivity contribution in [2.45, 2.75) is 30.7 Å². The Morgan fingerprint density at radius 2 is 1.50 bits per heavy atom. The monoisotopic (exact) mass is 389 g/mol. The van der Waals surface area contributed by atoms with Crippen LogP contribution in [0.15, 0.2) is 70.3 Å². The number of thioether (sulfide) groups is 1. The van der Waals surface area contributed by atoms with Gasteiger partial charge in [-0.05, 0) is 6.92 Å². The molecule has 2 aromatic heterocycles. The largest absolute Gasteiger partial charge is 0.338 e.